The summed E-state index contributed by atoms with van der Waals surface area (Å²) in [5, 5.41) is 2.40. The van der Waals surface area contributed by atoms with Crippen LogP contribution >= 0.6 is 0 Å². The first-order chi connectivity index (χ1) is 7.06. The van der Waals surface area contributed by atoms with Gasteiger partial charge in [0.1, 0.15) is 5.82 Å². The molecule has 0 radical (unpaired) electrons. The molecule has 4 heteroatoms. The molecule has 0 atom stereocenters. The zero-order chi connectivity index (χ0) is 11.4. The van der Waals surface area contributed by atoms with Crippen molar-refractivity contribution in [2.75, 3.05) is 6.54 Å². The van der Waals surface area contributed by atoms with Gasteiger partial charge in [-0.2, -0.15) is 0 Å². The number of halogens is 1. The lowest BCUT2D eigenvalue weighted by atomic mass is 10.1. The fourth-order valence-electron chi connectivity index (χ4n) is 1.16. The van der Waals surface area contributed by atoms with Gasteiger partial charge in [0.2, 0.25) is 5.78 Å². The number of hydrogen-bond acceptors (Lipinski definition) is 2. The Hall–Kier alpha value is -1.71. The zero-order valence-corrected chi connectivity index (χ0v) is 8.63. The Morgan fingerprint density at radius 3 is 2.60 bits per heavy atom. The molecular weight excluding hydrogens is 197 g/mol. The quantitative estimate of drug-likeness (QED) is 0.605. The molecule has 1 rings (SSSR count). The van der Waals surface area contributed by atoms with E-state index in [2.05, 4.69) is 5.32 Å². The third kappa shape index (κ3) is 2.62. The highest BCUT2D eigenvalue weighted by Gasteiger charge is 2.15. The maximum absolute atomic E-state index is 12.9. The Balaban J connectivity index is 2.92. The Labute approximate surface area is 87.3 Å². The molecule has 1 N–H and O–H groups in total. The highest BCUT2D eigenvalue weighted by molar-refractivity contribution is 6.42. The summed E-state index contributed by atoms with van der Waals surface area (Å²) >= 11 is 0. The number of rotatable bonds is 3. The second-order valence-corrected chi connectivity index (χ2v) is 3.15. The number of aryl methyl sites for hydroxylation is 1. The van der Waals surface area contributed by atoms with Crippen molar-refractivity contribution >= 4 is 11.7 Å². The van der Waals surface area contributed by atoms with E-state index in [1.54, 1.807) is 13.8 Å². The van der Waals surface area contributed by atoms with Gasteiger partial charge in [-0.15, -0.1) is 0 Å². The molecule has 0 unspecified atom stereocenters. The minimum absolute atomic E-state index is 0.208. The van der Waals surface area contributed by atoms with Gasteiger partial charge in [0.05, 0.1) is 0 Å². The topological polar surface area (TPSA) is 46.2 Å². The fraction of sp³-hybridized carbons (Fsp3) is 0.273. The van der Waals surface area contributed by atoms with Crippen LogP contribution in [0.1, 0.15) is 22.8 Å². The van der Waals surface area contributed by atoms with Crippen LogP contribution in [0.25, 0.3) is 0 Å². The summed E-state index contributed by atoms with van der Waals surface area (Å²) in [7, 11) is 0. The molecule has 0 saturated heterocycles. The second kappa shape index (κ2) is 4.68. The Bertz CT molecular complexity index is 402. The van der Waals surface area contributed by atoms with E-state index in [1.807, 2.05) is 0 Å². The van der Waals surface area contributed by atoms with E-state index in [4.69, 9.17) is 0 Å². The van der Waals surface area contributed by atoms with Gasteiger partial charge in [-0.1, -0.05) is 0 Å². The predicted octanol–water partition coefficient (Wildman–Crippen LogP) is 1.45. The van der Waals surface area contributed by atoms with Crippen molar-refractivity contribution in [3.05, 3.63) is 35.1 Å². The summed E-state index contributed by atoms with van der Waals surface area (Å²) in [5.41, 5.74) is 0.560. The average molecular weight is 209 g/mol. The molecule has 0 aromatic heterocycles. The lowest BCUT2D eigenvalue weighted by Gasteiger charge is -2.02. The van der Waals surface area contributed by atoms with Gasteiger partial charge in [-0.05, 0) is 37.6 Å². The number of nitrogens with one attached hydrogen (secondary N) is 1. The smallest absolute Gasteiger partial charge is 0.292 e. The van der Waals surface area contributed by atoms with Gasteiger partial charge >= 0.3 is 0 Å². The lowest BCUT2D eigenvalue weighted by Crippen LogP contribution is -2.30. The Morgan fingerprint density at radius 1 is 1.40 bits per heavy atom. The first kappa shape index (κ1) is 11.4. The molecule has 0 saturated carbocycles. The number of Topliss-reactive ketones (excluding diaryl/α,β-unsaturated/α-hetero) is 1. The zero-order valence-electron chi connectivity index (χ0n) is 8.63. The molecule has 0 spiro atoms. The number of carbonyl (C=O) groups is 2. The molecule has 1 amide bonds. The third-order valence-electron chi connectivity index (χ3n) is 1.96. The van der Waals surface area contributed by atoms with E-state index in [1.165, 1.54) is 18.2 Å². The standard InChI is InChI=1S/C11H12FNO2/c1-3-13-11(15)10(14)8-4-5-9(12)7(2)6-8/h4-6H,3H2,1-2H3,(H,13,15). The average Bonchev–Trinajstić information content (AvgIpc) is 2.21. The maximum atomic E-state index is 12.9. The molecule has 0 aliphatic carbocycles. The normalized spacial score (nSPS) is 9.80. The summed E-state index contributed by atoms with van der Waals surface area (Å²) < 4.78 is 12.9. The van der Waals surface area contributed by atoms with Crippen molar-refractivity contribution in [1.82, 2.24) is 5.32 Å². The van der Waals surface area contributed by atoms with Crippen molar-refractivity contribution in [3.63, 3.8) is 0 Å². The monoisotopic (exact) mass is 209 g/mol. The van der Waals surface area contributed by atoms with E-state index in [-0.39, 0.29) is 11.4 Å². The molecule has 1 aromatic rings. The minimum Gasteiger partial charge on any atom is -0.349 e. The van der Waals surface area contributed by atoms with E-state index in [9.17, 15) is 14.0 Å². The third-order valence-corrected chi connectivity index (χ3v) is 1.96. The fourth-order valence-corrected chi connectivity index (χ4v) is 1.16. The number of hydrogen-bond donors (Lipinski definition) is 1. The molecule has 15 heavy (non-hydrogen) atoms. The molecule has 0 fully saturated rings. The second-order valence-electron chi connectivity index (χ2n) is 3.15. The van der Waals surface area contributed by atoms with Crippen LogP contribution in [0.2, 0.25) is 0 Å². The van der Waals surface area contributed by atoms with Gasteiger partial charge < -0.3 is 5.32 Å². The molecule has 1 aromatic carbocycles. The molecule has 3 nitrogen and oxygen atoms in total. The predicted molar refractivity (Wildman–Crippen MR) is 54.2 cm³/mol. The van der Waals surface area contributed by atoms with Crippen LogP contribution in [0.5, 0.6) is 0 Å². The van der Waals surface area contributed by atoms with E-state index in [0.717, 1.165) is 0 Å². The van der Waals surface area contributed by atoms with Gasteiger partial charge in [0.25, 0.3) is 5.91 Å². The molecule has 0 bridgehead atoms. The molecule has 80 valence electrons. The van der Waals surface area contributed by atoms with Crippen LogP contribution in [0.3, 0.4) is 0 Å². The molecule has 0 aliphatic rings. The lowest BCUT2D eigenvalue weighted by molar-refractivity contribution is -0.116. The molecular formula is C11H12FNO2. The largest absolute Gasteiger partial charge is 0.349 e. The number of ketones is 1. The van der Waals surface area contributed by atoms with Crippen molar-refractivity contribution in [2.24, 2.45) is 0 Å². The van der Waals surface area contributed by atoms with Gasteiger partial charge in [0.15, 0.2) is 0 Å². The number of likely N-dealkylation sites (N-methyl/N-ethyl adjacent to an activating group) is 1. The minimum atomic E-state index is -0.663. The van der Waals surface area contributed by atoms with Crippen LogP contribution in [-0.2, 0) is 4.79 Å². The van der Waals surface area contributed by atoms with E-state index < -0.39 is 11.7 Å². The van der Waals surface area contributed by atoms with Crippen LogP contribution in [0.4, 0.5) is 4.39 Å². The summed E-state index contributed by atoms with van der Waals surface area (Å²) in [4.78, 5) is 22.6. The van der Waals surface area contributed by atoms with E-state index >= 15 is 0 Å². The van der Waals surface area contributed by atoms with Crippen LogP contribution in [0.15, 0.2) is 18.2 Å². The molecule has 0 heterocycles. The highest BCUT2D eigenvalue weighted by Crippen LogP contribution is 2.09. The number of carbonyl (C=O) groups excluding carboxylic acids is 2. The van der Waals surface area contributed by atoms with Crippen molar-refractivity contribution < 1.29 is 14.0 Å². The van der Waals surface area contributed by atoms with Crippen molar-refractivity contribution in [3.8, 4) is 0 Å². The first-order valence-corrected chi connectivity index (χ1v) is 4.65. The van der Waals surface area contributed by atoms with Gasteiger partial charge in [-0.25, -0.2) is 4.39 Å². The van der Waals surface area contributed by atoms with Gasteiger partial charge in [0, 0.05) is 12.1 Å². The maximum Gasteiger partial charge on any atom is 0.292 e. The molecule has 0 aliphatic heterocycles. The van der Waals surface area contributed by atoms with Crippen LogP contribution in [-0.4, -0.2) is 18.2 Å². The number of benzene rings is 1. The van der Waals surface area contributed by atoms with E-state index in [0.29, 0.717) is 12.1 Å². The summed E-state index contributed by atoms with van der Waals surface area (Å²) in [6.45, 7) is 3.66. The Morgan fingerprint density at radius 2 is 2.07 bits per heavy atom. The van der Waals surface area contributed by atoms with Crippen molar-refractivity contribution in [2.45, 2.75) is 13.8 Å². The van der Waals surface area contributed by atoms with Gasteiger partial charge in [-0.3, -0.25) is 9.59 Å². The highest BCUT2D eigenvalue weighted by atomic mass is 19.1. The first-order valence-electron chi connectivity index (χ1n) is 4.65. The summed E-state index contributed by atoms with van der Waals surface area (Å²) in [5.74, 6) is -1.69. The van der Waals surface area contributed by atoms with Crippen molar-refractivity contribution in [1.29, 1.82) is 0 Å². The van der Waals surface area contributed by atoms with Crippen LogP contribution < -0.4 is 5.32 Å². The Kier molecular flexibility index (Phi) is 3.55. The van der Waals surface area contributed by atoms with Crippen LogP contribution in [0, 0.1) is 12.7 Å². The SMILES string of the molecule is CCNC(=O)C(=O)c1ccc(F)c(C)c1. The number of amides is 1. The summed E-state index contributed by atoms with van der Waals surface area (Å²) in [6.07, 6.45) is 0. The summed E-state index contributed by atoms with van der Waals surface area (Å²) in [6, 6.07) is 3.86.